The number of amides is 1. The number of carbonyl (C=O) groups is 2. The highest BCUT2D eigenvalue weighted by Crippen LogP contribution is 2.38. The molecule has 1 aromatic heterocycles. The van der Waals surface area contributed by atoms with Crippen molar-refractivity contribution in [3.8, 4) is 6.07 Å². The summed E-state index contributed by atoms with van der Waals surface area (Å²) in [6, 6.07) is 16.4. The van der Waals surface area contributed by atoms with Crippen molar-refractivity contribution in [2.24, 2.45) is 0 Å². The van der Waals surface area contributed by atoms with Crippen LogP contribution in [0.15, 0.2) is 59.9 Å². The standard InChI is InChI=1S/C23H20ClN5O3S/c24-17-2-1-3-18(10-17)26-8-9-28(13-21(30)31)22(32)19-12-27-23-29(19)20(14-33-23)16-6-4-15(11-25)5-7-16/h1-7,10,12,20,26H,8-9,13-14H2,(H,30,31). The van der Waals surface area contributed by atoms with Gasteiger partial charge in [0.05, 0.1) is 23.9 Å². The number of nitrogens with zero attached hydrogens (tertiary/aromatic N) is 4. The maximum Gasteiger partial charge on any atom is 0.323 e. The first-order chi connectivity index (χ1) is 16.0. The third kappa shape index (κ3) is 5.13. The van der Waals surface area contributed by atoms with Gasteiger partial charge < -0.3 is 19.9 Å². The van der Waals surface area contributed by atoms with Gasteiger partial charge in [-0.3, -0.25) is 9.59 Å². The van der Waals surface area contributed by atoms with Crippen LogP contribution in [-0.4, -0.2) is 56.8 Å². The molecule has 2 aromatic carbocycles. The first-order valence-corrected chi connectivity index (χ1v) is 11.5. The molecule has 0 saturated carbocycles. The van der Waals surface area contributed by atoms with Crippen molar-refractivity contribution < 1.29 is 14.7 Å². The molecule has 1 amide bonds. The van der Waals surface area contributed by atoms with E-state index in [4.69, 9.17) is 16.9 Å². The predicted octanol–water partition coefficient (Wildman–Crippen LogP) is 3.74. The molecular formula is C23H20ClN5O3S. The Kier molecular flexibility index (Phi) is 6.87. The van der Waals surface area contributed by atoms with Crippen LogP contribution in [0.25, 0.3) is 0 Å². The summed E-state index contributed by atoms with van der Waals surface area (Å²) < 4.78 is 1.85. The van der Waals surface area contributed by atoms with E-state index < -0.39 is 18.4 Å². The molecule has 1 aliphatic heterocycles. The zero-order valence-corrected chi connectivity index (χ0v) is 19.0. The average molecular weight is 482 g/mol. The Morgan fingerprint density at radius 3 is 2.79 bits per heavy atom. The fourth-order valence-electron chi connectivity index (χ4n) is 3.67. The van der Waals surface area contributed by atoms with Crippen molar-refractivity contribution in [2.75, 3.05) is 30.7 Å². The van der Waals surface area contributed by atoms with Crippen LogP contribution in [0, 0.1) is 11.3 Å². The molecule has 0 aliphatic carbocycles. The quantitative estimate of drug-likeness (QED) is 0.504. The van der Waals surface area contributed by atoms with Gasteiger partial charge in [-0.05, 0) is 35.9 Å². The molecule has 33 heavy (non-hydrogen) atoms. The molecule has 3 aromatic rings. The molecule has 0 radical (unpaired) electrons. The van der Waals surface area contributed by atoms with Gasteiger partial charge >= 0.3 is 5.97 Å². The Hall–Kier alpha value is -3.48. The van der Waals surface area contributed by atoms with E-state index in [1.165, 1.54) is 22.9 Å². The number of carboxylic acid groups (broad SMARTS) is 1. The zero-order chi connectivity index (χ0) is 23.4. The Morgan fingerprint density at radius 1 is 1.30 bits per heavy atom. The lowest BCUT2D eigenvalue weighted by Gasteiger charge is -2.23. The van der Waals surface area contributed by atoms with Gasteiger partial charge in [-0.25, -0.2) is 4.98 Å². The van der Waals surface area contributed by atoms with E-state index >= 15 is 0 Å². The third-order valence-corrected chi connectivity index (χ3v) is 6.52. The fraction of sp³-hybridized carbons (Fsp3) is 0.217. The molecule has 4 rings (SSSR count). The molecule has 0 saturated heterocycles. The highest BCUT2D eigenvalue weighted by Gasteiger charge is 2.32. The lowest BCUT2D eigenvalue weighted by atomic mass is 10.1. The topological polar surface area (TPSA) is 111 Å². The van der Waals surface area contributed by atoms with Gasteiger partial charge in [0.15, 0.2) is 5.16 Å². The number of carbonyl (C=O) groups excluding carboxylic acids is 1. The SMILES string of the molecule is N#Cc1ccc(C2CSc3ncc(C(=O)N(CCNc4cccc(Cl)c4)CC(=O)O)n32)cc1. The second-order valence-electron chi connectivity index (χ2n) is 7.41. The minimum absolute atomic E-state index is 0.129. The molecular weight excluding hydrogens is 462 g/mol. The Morgan fingerprint density at radius 2 is 2.09 bits per heavy atom. The molecule has 1 aliphatic rings. The second-order valence-corrected chi connectivity index (χ2v) is 8.84. The van der Waals surface area contributed by atoms with Crippen molar-refractivity contribution >= 4 is 40.9 Å². The summed E-state index contributed by atoms with van der Waals surface area (Å²) in [7, 11) is 0. The van der Waals surface area contributed by atoms with Crippen LogP contribution in [0.1, 0.15) is 27.7 Å². The molecule has 1 unspecified atom stereocenters. The number of nitrogens with one attached hydrogen (secondary N) is 1. The molecule has 2 heterocycles. The van der Waals surface area contributed by atoms with Crippen molar-refractivity contribution in [3.05, 3.63) is 76.6 Å². The van der Waals surface area contributed by atoms with Crippen molar-refractivity contribution in [1.82, 2.24) is 14.5 Å². The van der Waals surface area contributed by atoms with E-state index in [1.807, 2.05) is 22.8 Å². The van der Waals surface area contributed by atoms with E-state index in [9.17, 15) is 14.7 Å². The van der Waals surface area contributed by atoms with E-state index in [-0.39, 0.29) is 12.6 Å². The van der Waals surface area contributed by atoms with Gasteiger partial charge in [-0.15, -0.1) is 0 Å². The molecule has 1 atom stereocenters. The third-order valence-electron chi connectivity index (χ3n) is 5.24. The molecule has 10 heteroatoms. The summed E-state index contributed by atoms with van der Waals surface area (Å²) in [4.78, 5) is 30.5. The van der Waals surface area contributed by atoms with Gasteiger partial charge in [-0.1, -0.05) is 41.6 Å². The lowest BCUT2D eigenvalue weighted by molar-refractivity contribution is -0.137. The number of hydrogen-bond acceptors (Lipinski definition) is 6. The summed E-state index contributed by atoms with van der Waals surface area (Å²) in [5, 5.41) is 22.9. The van der Waals surface area contributed by atoms with Gasteiger partial charge in [0.1, 0.15) is 12.2 Å². The molecule has 0 bridgehead atoms. The normalized spacial score (nSPS) is 14.4. The van der Waals surface area contributed by atoms with Gasteiger partial charge in [0, 0.05) is 29.6 Å². The zero-order valence-electron chi connectivity index (χ0n) is 17.4. The number of rotatable bonds is 8. The summed E-state index contributed by atoms with van der Waals surface area (Å²) >= 11 is 7.53. The van der Waals surface area contributed by atoms with Crippen LogP contribution in [0.3, 0.4) is 0 Å². The maximum absolute atomic E-state index is 13.4. The number of anilines is 1. The van der Waals surface area contributed by atoms with Crippen LogP contribution in [0.2, 0.25) is 5.02 Å². The first kappa shape index (κ1) is 22.7. The van der Waals surface area contributed by atoms with Crippen molar-refractivity contribution in [3.63, 3.8) is 0 Å². The minimum Gasteiger partial charge on any atom is -0.480 e. The number of thioether (sulfide) groups is 1. The summed E-state index contributed by atoms with van der Waals surface area (Å²) in [6.07, 6.45) is 1.50. The minimum atomic E-state index is -1.09. The smallest absolute Gasteiger partial charge is 0.323 e. The Bertz CT molecular complexity index is 1220. The van der Waals surface area contributed by atoms with Crippen LogP contribution in [0.4, 0.5) is 5.69 Å². The monoisotopic (exact) mass is 481 g/mol. The van der Waals surface area contributed by atoms with Crippen LogP contribution in [-0.2, 0) is 4.79 Å². The molecule has 168 valence electrons. The van der Waals surface area contributed by atoms with E-state index in [2.05, 4.69) is 16.4 Å². The second kappa shape index (κ2) is 9.98. The molecule has 0 spiro atoms. The van der Waals surface area contributed by atoms with Crippen LogP contribution in [0.5, 0.6) is 0 Å². The summed E-state index contributed by atoms with van der Waals surface area (Å²) in [5.41, 5.74) is 2.65. The van der Waals surface area contributed by atoms with Crippen LogP contribution < -0.4 is 5.32 Å². The van der Waals surface area contributed by atoms with Crippen LogP contribution >= 0.6 is 23.4 Å². The molecule has 8 nitrogen and oxygen atoms in total. The summed E-state index contributed by atoms with van der Waals surface area (Å²) in [5.74, 6) is -0.791. The van der Waals surface area contributed by atoms with Crippen molar-refractivity contribution in [2.45, 2.75) is 11.2 Å². The highest BCUT2D eigenvalue weighted by atomic mass is 35.5. The fourth-order valence-corrected chi connectivity index (χ4v) is 5.01. The number of halogens is 1. The number of hydrogen-bond donors (Lipinski definition) is 2. The first-order valence-electron chi connectivity index (χ1n) is 10.2. The number of imidazole rings is 1. The lowest BCUT2D eigenvalue weighted by Crippen LogP contribution is -2.40. The van der Waals surface area contributed by atoms with E-state index in [1.54, 1.807) is 30.3 Å². The number of fused-ring (bicyclic) bond motifs is 1. The highest BCUT2D eigenvalue weighted by molar-refractivity contribution is 7.99. The van der Waals surface area contributed by atoms with E-state index in [0.29, 0.717) is 33.7 Å². The molecule has 2 N–H and O–H groups in total. The van der Waals surface area contributed by atoms with Gasteiger partial charge in [-0.2, -0.15) is 5.26 Å². The number of nitriles is 1. The van der Waals surface area contributed by atoms with Gasteiger partial charge in [0.25, 0.3) is 5.91 Å². The Labute approximate surface area is 199 Å². The van der Waals surface area contributed by atoms with E-state index in [0.717, 1.165) is 11.3 Å². The maximum atomic E-state index is 13.4. The number of aliphatic carboxylic acids is 1. The number of benzene rings is 2. The predicted molar refractivity (Wildman–Crippen MR) is 126 cm³/mol. The van der Waals surface area contributed by atoms with Gasteiger partial charge in [0.2, 0.25) is 0 Å². The summed E-state index contributed by atoms with van der Waals surface area (Å²) in [6.45, 7) is 0.117. The number of carboxylic acids is 1. The molecule has 0 fully saturated rings. The average Bonchev–Trinajstić information content (AvgIpc) is 3.40. The van der Waals surface area contributed by atoms with Crippen molar-refractivity contribution in [1.29, 1.82) is 5.26 Å². The Balaban J connectivity index is 1.53. The number of aromatic nitrogens is 2. The largest absolute Gasteiger partial charge is 0.480 e.